The zero-order valence-electron chi connectivity index (χ0n) is 10.9. The van der Waals surface area contributed by atoms with E-state index in [1.807, 2.05) is 30.5 Å². The van der Waals surface area contributed by atoms with Crippen LogP contribution in [-0.4, -0.2) is 30.5 Å². The number of carbonyl (C=O) groups excluding carboxylic acids is 1. The zero-order chi connectivity index (χ0) is 13.1. The largest absolute Gasteiger partial charge is 0.361 e. The van der Waals surface area contributed by atoms with Gasteiger partial charge < -0.3 is 15.6 Å². The Bertz CT molecular complexity index is 570. The third-order valence-electron chi connectivity index (χ3n) is 3.78. The van der Waals surface area contributed by atoms with Gasteiger partial charge in [-0.05, 0) is 44.0 Å². The first-order valence-corrected chi connectivity index (χ1v) is 6.89. The summed E-state index contributed by atoms with van der Waals surface area (Å²) in [6.07, 6.45) is 4.26. The predicted octanol–water partition coefficient (Wildman–Crippen LogP) is 1.90. The van der Waals surface area contributed by atoms with Crippen molar-refractivity contribution >= 4 is 16.8 Å². The molecule has 0 aliphatic carbocycles. The van der Waals surface area contributed by atoms with Crippen LogP contribution in [0.15, 0.2) is 30.5 Å². The first kappa shape index (κ1) is 12.2. The normalized spacial score (nSPS) is 19.5. The van der Waals surface area contributed by atoms with Gasteiger partial charge in [0.05, 0.1) is 11.1 Å². The first-order valence-electron chi connectivity index (χ1n) is 6.89. The van der Waals surface area contributed by atoms with E-state index in [2.05, 4.69) is 15.6 Å². The summed E-state index contributed by atoms with van der Waals surface area (Å²) in [7, 11) is 0. The third-order valence-corrected chi connectivity index (χ3v) is 3.78. The van der Waals surface area contributed by atoms with Crippen molar-refractivity contribution in [2.24, 2.45) is 5.92 Å². The number of amides is 1. The second kappa shape index (κ2) is 5.45. The van der Waals surface area contributed by atoms with Crippen LogP contribution in [-0.2, 0) is 0 Å². The molecule has 1 saturated heterocycles. The van der Waals surface area contributed by atoms with Gasteiger partial charge >= 0.3 is 0 Å². The van der Waals surface area contributed by atoms with Crippen LogP contribution < -0.4 is 10.6 Å². The molecule has 100 valence electrons. The number of aromatic amines is 1. The molecule has 4 heteroatoms. The number of rotatable bonds is 3. The van der Waals surface area contributed by atoms with E-state index >= 15 is 0 Å². The number of nitrogens with one attached hydrogen (secondary N) is 3. The first-order chi connectivity index (χ1) is 9.34. The van der Waals surface area contributed by atoms with E-state index in [9.17, 15) is 4.79 Å². The SMILES string of the molecule is O=C(NCC1CCCNC1)c1cccc2cc[nH]c12. The van der Waals surface area contributed by atoms with Gasteiger partial charge in [0.25, 0.3) is 5.91 Å². The summed E-state index contributed by atoms with van der Waals surface area (Å²) >= 11 is 0. The smallest absolute Gasteiger partial charge is 0.253 e. The molecule has 0 bridgehead atoms. The maximum atomic E-state index is 12.2. The molecule has 1 fully saturated rings. The van der Waals surface area contributed by atoms with Crippen LogP contribution in [0.4, 0.5) is 0 Å². The molecule has 0 saturated carbocycles. The van der Waals surface area contributed by atoms with Crippen LogP contribution >= 0.6 is 0 Å². The maximum absolute atomic E-state index is 12.2. The van der Waals surface area contributed by atoms with Gasteiger partial charge in [0.1, 0.15) is 0 Å². The summed E-state index contributed by atoms with van der Waals surface area (Å²) in [6.45, 7) is 2.86. The van der Waals surface area contributed by atoms with E-state index < -0.39 is 0 Å². The monoisotopic (exact) mass is 257 g/mol. The standard InChI is InChI=1S/C15H19N3O/c19-15(18-10-11-3-2-7-16-9-11)13-5-1-4-12-6-8-17-14(12)13/h1,4-6,8,11,16-17H,2-3,7,9-10H2,(H,18,19). The molecule has 4 nitrogen and oxygen atoms in total. The van der Waals surface area contributed by atoms with E-state index in [-0.39, 0.29) is 5.91 Å². The fourth-order valence-corrected chi connectivity index (χ4v) is 2.70. The average molecular weight is 257 g/mol. The summed E-state index contributed by atoms with van der Waals surface area (Å²) in [5, 5.41) is 7.49. The van der Waals surface area contributed by atoms with Crippen molar-refractivity contribution in [2.45, 2.75) is 12.8 Å². The third kappa shape index (κ3) is 2.63. The van der Waals surface area contributed by atoms with Gasteiger partial charge in [-0.1, -0.05) is 12.1 Å². The lowest BCUT2D eigenvalue weighted by atomic mass is 9.99. The number of para-hydroxylation sites is 1. The van der Waals surface area contributed by atoms with E-state index in [1.54, 1.807) is 0 Å². The Morgan fingerprint density at radius 2 is 2.32 bits per heavy atom. The van der Waals surface area contributed by atoms with E-state index in [0.29, 0.717) is 5.92 Å². The number of H-pyrrole nitrogens is 1. The molecular weight excluding hydrogens is 238 g/mol. The molecule has 0 spiro atoms. The fourth-order valence-electron chi connectivity index (χ4n) is 2.70. The highest BCUT2D eigenvalue weighted by Crippen LogP contribution is 2.17. The second-order valence-electron chi connectivity index (χ2n) is 5.17. The highest BCUT2D eigenvalue weighted by atomic mass is 16.1. The minimum atomic E-state index is 0.0126. The molecule has 2 heterocycles. The van der Waals surface area contributed by atoms with Crippen molar-refractivity contribution in [2.75, 3.05) is 19.6 Å². The van der Waals surface area contributed by atoms with Crippen molar-refractivity contribution in [1.82, 2.24) is 15.6 Å². The molecule has 2 aromatic rings. The van der Waals surface area contributed by atoms with Gasteiger partial charge in [0, 0.05) is 18.1 Å². The molecule has 1 unspecified atom stereocenters. The number of aromatic nitrogens is 1. The number of fused-ring (bicyclic) bond motifs is 1. The number of piperidine rings is 1. The number of benzene rings is 1. The zero-order valence-corrected chi connectivity index (χ0v) is 10.9. The topological polar surface area (TPSA) is 56.9 Å². The average Bonchev–Trinajstić information content (AvgIpc) is 2.94. The Morgan fingerprint density at radius 1 is 1.37 bits per heavy atom. The van der Waals surface area contributed by atoms with E-state index in [4.69, 9.17) is 0 Å². The fraction of sp³-hybridized carbons (Fsp3) is 0.400. The van der Waals surface area contributed by atoms with Crippen LogP contribution in [0.2, 0.25) is 0 Å². The lowest BCUT2D eigenvalue weighted by Gasteiger charge is -2.22. The maximum Gasteiger partial charge on any atom is 0.253 e. The molecule has 1 amide bonds. The van der Waals surface area contributed by atoms with Crippen molar-refractivity contribution in [3.8, 4) is 0 Å². The van der Waals surface area contributed by atoms with Gasteiger partial charge in [-0.2, -0.15) is 0 Å². The Morgan fingerprint density at radius 3 is 3.16 bits per heavy atom. The summed E-state index contributed by atoms with van der Waals surface area (Å²) in [4.78, 5) is 15.4. The van der Waals surface area contributed by atoms with Gasteiger partial charge in [0.2, 0.25) is 0 Å². The molecule has 19 heavy (non-hydrogen) atoms. The Kier molecular flexibility index (Phi) is 3.51. The van der Waals surface area contributed by atoms with Gasteiger partial charge in [-0.25, -0.2) is 0 Å². The Labute approximate surface area is 112 Å². The minimum Gasteiger partial charge on any atom is -0.361 e. The summed E-state index contributed by atoms with van der Waals surface area (Å²) in [6, 6.07) is 7.78. The molecule has 0 radical (unpaired) electrons. The summed E-state index contributed by atoms with van der Waals surface area (Å²) in [5.41, 5.74) is 1.65. The van der Waals surface area contributed by atoms with Gasteiger partial charge in [-0.3, -0.25) is 4.79 Å². The number of hydrogen-bond donors (Lipinski definition) is 3. The van der Waals surface area contributed by atoms with Gasteiger partial charge in [-0.15, -0.1) is 0 Å². The molecule has 1 aliphatic rings. The van der Waals surface area contributed by atoms with Crippen LogP contribution in [0.25, 0.3) is 10.9 Å². The number of hydrogen-bond acceptors (Lipinski definition) is 2. The molecule has 1 atom stereocenters. The lowest BCUT2D eigenvalue weighted by Crippen LogP contribution is -2.38. The molecule has 1 aromatic heterocycles. The summed E-state index contributed by atoms with van der Waals surface area (Å²) in [5.74, 6) is 0.569. The molecular formula is C15H19N3O. The van der Waals surface area contributed by atoms with Crippen LogP contribution in [0, 0.1) is 5.92 Å². The van der Waals surface area contributed by atoms with Crippen LogP contribution in [0.1, 0.15) is 23.2 Å². The highest BCUT2D eigenvalue weighted by Gasteiger charge is 2.15. The molecule has 3 rings (SSSR count). The number of carbonyl (C=O) groups is 1. The highest BCUT2D eigenvalue weighted by molar-refractivity contribution is 6.05. The second-order valence-corrected chi connectivity index (χ2v) is 5.17. The molecule has 3 N–H and O–H groups in total. The van der Waals surface area contributed by atoms with Crippen LogP contribution in [0.5, 0.6) is 0 Å². The van der Waals surface area contributed by atoms with E-state index in [0.717, 1.165) is 36.1 Å². The molecule has 1 aliphatic heterocycles. The van der Waals surface area contributed by atoms with Crippen molar-refractivity contribution in [3.05, 3.63) is 36.0 Å². The Balaban J connectivity index is 1.68. The quantitative estimate of drug-likeness (QED) is 0.786. The Hall–Kier alpha value is -1.81. The predicted molar refractivity (Wildman–Crippen MR) is 76.2 cm³/mol. The van der Waals surface area contributed by atoms with E-state index in [1.165, 1.54) is 12.8 Å². The van der Waals surface area contributed by atoms with Gasteiger partial charge in [0.15, 0.2) is 0 Å². The minimum absolute atomic E-state index is 0.0126. The van der Waals surface area contributed by atoms with Crippen molar-refractivity contribution < 1.29 is 4.79 Å². The van der Waals surface area contributed by atoms with Crippen molar-refractivity contribution in [3.63, 3.8) is 0 Å². The molecule has 1 aromatic carbocycles. The van der Waals surface area contributed by atoms with Crippen LogP contribution in [0.3, 0.4) is 0 Å². The lowest BCUT2D eigenvalue weighted by molar-refractivity contribution is 0.0946. The summed E-state index contributed by atoms with van der Waals surface area (Å²) < 4.78 is 0. The van der Waals surface area contributed by atoms with Crippen molar-refractivity contribution in [1.29, 1.82) is 0 Å².